The Hall–Kier alpha value is -2.78. The van der Waals surface area contributed by atoms with E-state index in [-0.39, 0.29) is 36.8 Å². The van der Waals surface area contributed by atoms with Gasteiger partial charge in [-0.3, -0.25) is 9.59 Å². The van der Waals surface area contributed by atoms with Gasteiger partial charge in [0.15, 0.2) is 5.78 Å². The predicted octanol–water partition coefficient (Wildman–Crippen LogP) is 1.93. The van der Waals surface area contributed by atoms with Crippen molar-refractivity contribution in [2.24, 2.45) is 0 Å². The number of anilines is 1. The summed E-state index contributed by atoms with van der Waals surface area (Å²) >= 11 is 0. The number of aryl methyl sites for hydroxylation is 2. The molecule has 1 aliphatic rings. The molecule has 0 unspecified atom stereocenters. The number of pyridine rings is 1. The molecule has 1 aromatic heterocycles. The summed E-state index contributed by atoms with van der Waals surface area (Å²) < 4.78 is 26.7. The van der Waals surface area contributed by atoms with Crippen LogP contribution in [0.1, 0.15) is 34.3 Å². The number of hydrogen-bond acceptors (Lipinski definition) is 6. The summed E-state index contributed by atoms with van der Waals surface area (Å²) in [5, 5.41) is 2.63. The van der Waals surface area contributed by atoms with Crippen LogP contribution in [0, 0.1) is 13.8 Å². The minimum Gasteiger partial charge on any atom is -0.355 e. The lowest BCUT2D eigenvalue weighted by Gasteiger charge is -2.34. The molecular weight excluding hydrogens is 428 g/mol. The molecule has 0 spiro atoms. The molecule has 0 aliphatic carbocycles. The second-order valence-corrected chi connectivity index (χ2v) is 10.1. The van der Waals surface area contributed by atoms with Crippen LogP contribution in [0.15, 0.2) is 42.6 Å². The van der Waals surface area contributed by atoms with Gasteiger partial charge in [-0.15, -0.1) is 0 Å². The van der Waals surface area contributed by atoms with Gasteiger partial charge in [-0.2, -0.15) is 4.31 Å². The van der Waals surface area contributed by atoms with Crippen LogP contribution in [-0.4, -0.2) is 67.9 Å². The van der Waals surface area contributed by atoms with E-state index >= 15 is 0 Å². The number of nitrogens with zero attached hydrogens (tertiary/aromatic N) is 3. The number of benzene rings is 1. The van der Waals surface area contributed by atoms with E-state index in [0.29, 0.717) is 31.7 Å². The smallest absolute Gasteiger partial charge is 0.220 e. The molecule has 3 rings (SSSR count). The topological polar surface area (TPSA) is 99.7 Å². The van der Waals surface area contributed by atoms with Crippen LogP contribution in [-0.2, 0) is 14.8 Å². The van der Waals surface area contributed by atoms with Gasteiger partial charge >= 0.3 is 0 Å². The average molecular weight is 459 g/mol. The van der Waals surface area contributed by atoms with Crippen molar-refractivity contribution in [2.75, 3.05) is 43.4 Å². The lowest BCUT2D eigenvalue weighted by molar-refractivity contribution is -0.120. The number of ketones is 1. The maximum Gasteiger partial charge on any atom is 0.220 e. The second kappa shape index (κ2) is 10.7. The van der Waals surface area contributed by atoms with Gasteiger partial charge < -0.3 is 10.2 Å². The first kappa shape index (κ1) is 23.9. The number of nitrogens with one attached hydrogen (secondary N) is 1. The van der Waals surface area contributed by atoms with Gasteiger partial charge in [-0.05, 0) is 37.6 Å². The molecule has 1 saturated heterocycles. The molecule has 1 fully saturated rings. The molecular formula is C23H30N4O4S. The molecule has 1 N–H and O–H groups in total. The van der Waals surface area contributed by atoms with E-state index in [1.165, 1.54) is 4.31 Å². The van der Waals surface area contributed by atoms with Gasteiger partial charge in [0, 0.05) is 57.3 Å². The normalized spacial score (nSPS) is 14.9. The van der Waals surface area contributed by atoms with Gasteiger partial charge in [0.2, 0.25) is 15.9 Å². The van der Waals surface area contributed by atoms with Crippen molar-refractivity contribution in [1.82, 2.24) is 14.6 Å². The fourth-order valence-corrected chi connectivity index (χ4v) is 5.01. The van der Waals surface area contributed by atoms with Crippen LogP contribution in [0.25, 0.3) is 0 Å². The summed E-state index contributed by atoms with van der Waals surface area (Å²) in [6, 6.07) is 11.3. The Morgan fingerprint density at radius 1 is 1.03 bits per heavy atom. The molecule has 0 atom stereocenters. The highest BCUT2D eigenvalue weighted by molar-refractivity contribution is 7.89. The van der Waals surface area contributed by atoms with E-state index in [1.807, 2.05) is 50.2 Å². The standard InChI is InChI=1S/C23H30N4O4S/c1-18-6-7-19(2)20(17-18)21(28)8-9-23(29)25-11-16-32(30,31)27-14-12-26(13-15-27)22-5-3-4-10-24-22/h3-7,10,17H,8-9,11-16H2,1-2H3,(H,25,29). The van der Waals surface area contributed by atoms with Crippen molar-refractivity contribution in [1.29, 1.82) is 0 Å². The number of sulfonamides is 1. The van der Waals surface area contributed by atoms with E-state index in [4.69, 9.17) is 0 Å². The predicted molar refractivity (Wildman–Crippen MR) is 124 cm³/mol. The SMILES string of the molecule is Cc1ccc(C)c(C(=O)CCC(=O)NCCS(=O)(=O)N2CCN(c3ccccn3)CC2)c1. The number of amides is 1. The highest BCUT2D eigenvalue weighted by Gasteiger charge is 2.27. The number of piperazine rings is 1. The lowest BCUT2D eigenvalue weighted by atomic mass is 9.99. The highest BCUT2D eigenvalue weighted by Crippen LogP contribution is 2.15. The van der Waals surface area contributed by atoms with E-state index in [1.54, 1.807) is 6.20 Å². The zero-order chi connectivity index (χ0) is 23.1. The first-order chi connectivity index (χ1) is 15.3. The zero-order valence-corrected chi connectivity index (χ0v) is 19.4. The van der Waals surface area contributed by atoms with Gasteiger partial charge in [-0.1, -0.05) is 23.8 Å². The Morgan fingerprint density at radius 3 is 2.47 bits per heavy atom. The molecule has 1 amide bonds. The Bertz CT molecular complexity index is 1050. The van der Waals surface area contributed by atoms with Crippen LogP contribution in [0.5, 0.6) is 0 Å². The maximum absolute atomic E-state index is 12.6. The number of Topliss-reactive ketones (excluding diaryl/α,β-unsaturated/α-hetero) is 1. The van der Waals surface area contributed by atoms with Crippen LogP contribution < -0.4 is 10.2 Å². The third kappa shape index (κ3) is 6.37. The van der Waals surface area contributed by atoms with Crippen molar-refractivity contribution in [2.45, 2.75) is 26.7 Å². The van der Waals surface area contributed by atoms with Crippen molar-refractivity contribution >= 4 is 27.5 Å². The van der Waals surface area contributed by atoms with Crippen molar-refractivity contribution in [3.05, 3.63) is 59.3 Å². The summed E-state index contributed by atoms with van der Waals surface area (Å²) in [6.45, 7) is 5.73. The lowest BCUT2D eigenvalue weighted by Crippen LogP contribution is -2.50. The molecule has 2 aromatic rings. The zero-order valence-electron chi connectivity index (χ0n) is 18.6. The Labute approximate surface area is 189 Å². The largest absolute Gasteiger partial charge is 0.355 e. The fraction of sp³-hybridized carbons (Fsp3) is 0.435. The average Bonchev–Trinajstić information content (AvgIpc) is 2.79. The second-order valence-electron chi connectivity index (χ2n) is 7.98. The summed E-state index contributed by atoms with van der Waals surface area (Å²) in [6.07, 6.45) is 1.85. The van der Waals surface area contributed by atoms with Crippen LogP contribution in [0.2, 0.25) is 0 Å². The fourth-order valence-electron chi connectivity index (χ4n) is 3.67. The molecule has 1 aliphatic heterocycles. The molecule has 0 bridgehead atoms. The number of rotatable bonds is 9. The van der Waals surface area contributed by atoms with Gasteiger partial charge in [-0.25, -0.2) is 13.4 Å². The van der Waals surface area contributed by atoms with Crippen LogP contribution >= 0.6 is 0 Å². The van der Waals surface area contributed by atoms with Gasteiger partial charge in [0.25, 0.3) is 0 Å². The number of aromatic nitrogens is 1. The number of carbonyl (C=O) groups excluding carboxylic acids is 2. The van der Waals surface area contributed by atoms with Crippen molar-refractivity contribution in [3.63, 3.8) is 0 Å². The minimum absolute atomic E-state index is 0.0271. The number of carbonyl (C=O) groups is 2. The van der Waals surface area contributed by atoms with Gasteiger partial charge in [0.05, 0.1) is 5.75 Å². The van der Waals surface area contributed by atoms with Crippen LogP contribution in [0.3, 0.4) is 0 Å². The molecule has 0 radical (unpaired) electrons. The quantitative estimate of drug-likeness (QED) is 0.577. The summed E-state index contributed by atoms with van der Waals surface area (Å²) in [4.78, 5) is 30.9. The molecule has 1 aromatic carbocycles. The maximum atomic E-state index is 12.6. The highest BCUT2D eigenvalue weighted by atomic mass is 32.2. The molecule has 172 valence electrons. The third-order valence-corrected chi connectivity index (χ3v) is 7.43. The summed E-state index contributed by atoms with van der Waals surface area (Å²) in [7, 11) is -3.46. The van der Waals surface area contributed by atoms with Crippen molar-refractivity contribution in [3.8, 4) is 0 Å². The van der Waals surface area contributed by atoms with E-state index in [9.17, 15) is 18.0 Å². The van der Waals surface area contributed by atoms with Gasteiger partial charge in [0.1, 0.15) is 5.82 Å². The molecule has 0 saturated carbocycles. The molecule has 8 nitrogen and oxygen atoms in total. The summed E-state index contributed by atoms with van der Waals surface area (Å²) in [5.41, 5.74) is 2.51. The van der Waals surface area contributed by atoms with E-state index < -0.39 is 10.0 Å². The molecule has 32 heavy (non-hydrogen) atoms. The summed E-state index contributed by atoms with van der Waals surface area (Å²) in [5.74, 6) is 0.276. The molecule has 9 heteroatoms. The minimum atomic E-state index is -3.46. The number of hydrogen-bond donors (Lipinski definition) is 1. The Balaban J connectivity index is 1.40. The Kier molecular flexibility index (Phi) is 7.98. The first-order valence-electron chi connectivity index (χ1n) is 10.8. The van der Waals surface area contributed by atoms with Crippen molar-refractivity contribution < 1.29 is 18.0 Å². The van der Waals surface area contributed by atoms with Crippen LogP contribution in [0.4, 0.5) is 5.82 Å². The third-order valence-electron chi connectivity index (χ3n) is 5.56. The molecule has 2 heterocycles. The van der Waals surface area contributed by atoms with E-state index in [2.05, 4.69) is 15.2 Å². The Morgan fingerprint density at radius 2 is 1.78 bits per heavy atom. The van der Waals surface area contributed by atoms with E-state index in [0.717, 1.165) is 16.9 Å². The monoisotopic (exact) mass is 458 g/mol. The first-order valence-corrected chi connectivity index (χ1v) is 12.4.